The molecule has 0 fully saturated rings. The molecule has 164 valence electrons. The van der Waals surface area contributed by atoms with Crippen LogP contribution < -0.4 is 10.6 Å². The van der Waals surface area contributed by atoms with Crippen molar-refractivity contribution >= 4 is 40.6 Å². The molecule has 10 heteroatoms. The molecule has 1 atom stereocenters. The van der Waals surface area contributed by atoms with E-state index in [1.165, 1.54) is 16.8 Å². The van der Waals surface area contributed by atoms with Crippen LogP contribution in [-0.2, 0) is 16.0 Å². The molecule has 1 aromatic heterocycles. The minimum Gasteiger partial charge on any atom is -0.326 e. The van der Waals surface area contributed by atoms with Crippen molar-refractivity contribution in [2.75, 3.05) is 10.6 Å². The van der Waals surface area contributed by atoms with Crippen LogP contribution in [0.5, 0.6) is 0 Å². The fourth-order valence-corrected chi connectivity index (χ4v) is 3.94. The number of benzene rings is 2. The lowest BCUT2D eigenvalue weighted by Gasteiger charge is -2.11. The van der Waals surface area contributed by atoms with Crippen LogP contribution in [0.15, 0.2) is 42.5 Å². The maximum atomic E-state index is 12.7. The smallest absolute Gasteiger partial charge is 0.271 e. The summed E-state index contributed by atoms with van der Waals surface area (Å²) in [6.07, 6.45) is 0.463. The Balaban J connectivity index is 1.61. The fraction of sp³-hybridized carbons (Fsp3) is 0.227. The number of fused-ring (bicyclic) bond motifs is 1. The minimum absolute atomic E-state index is 0.127. The summed E-state index contributed by atoms with van der Waals surface area (Å²) in [6.45, 7) is 3.69. The van der Waals surface area contributed by atoms with E-state index < -0.39 is 16.9 Å². The molecule has 4 rings (SSSR count). The van der Waals surface area contributed by atoms with Gasteiger partial charge in [0.05, 0.1) is 22.7 Å². The zero-order valence-electron chi connectivity index (χ0n) is 17.4. The lowest BCUT2D eigenvalue weighted by molar-refractivity contribution is -0.384. The molecule has 2 N–H and O–H groups in total. The van der Waals surface area contributed by atoms with Crippen LogP contribution >= 0.6 is 11.6 Å². The summed E-state index contributed by atoms with van der Waals surface area (Å²) in [5.41, 5.74) is 3.27. The largest absolute Gasteiger partial charge is 0.326 e. The van der Waals surface area contributed by atoms with Crippen molar-refractivity contribution in [1.29, 1.82) is 0 Å². The summed E-state index contributed by atoms with van der Waals surface area (Å²) >= 11 is 6.15. The number of nitro groups is 1. The third kappa shape index (κ3) is 3.94. The van der Waals surface area contributed by atoms with E-state index in [4.69, 9.17) is 11.6 Å². The molecule has 3 aromatic rings. The van der Waals surface area contributed by atoms with Gasteiger partial charge in [0.15, 0.2) is 0 Å². The van der Waals surface area contributed by atoms with Crippen molar-refractivity contribution in [2.45, 2.75) is 32.7 Å². The number of nitrogens with zero attached hydrogens (tertiary/aromatic N) is 3. The first-order valence-electron chi connectivity index (χ1n) is 10.0. The average molecular weight is 454 g/mol. The molecule has 0 aliphatic carbocycles. The van der Waals surface area contributed by atoms with Crippen molar-refractivity contribution < 1.29 is 14.5 Å². The maximum absolute atomic E-state index is 12.7. The quantitative estimate of drug-likeness (QED) is 0.420. The van der Waals surface area contributed by atoms with E-state index in [9.17, 15) is 19.7 Å². The Labute approximate surface area is 188 Å². The SMILES string of the molecule is CCc1nn2c(c1-c1cccc(Cl)c1)NC(=O)C2CC(=O)Nc1cc([N+](=O)[O-])ccc1C. The molecule has 2 aromatic carbocycles. The van der Waals surface area contributed by atoms with Gasteiger partial charge in [0.2, 0.25) is 5.91 Å². The first-order valence-corrected chi connectivity index (χ1v) is 10.4. The molecular formula is C22H20ClN5O4. The van der Waals surface area contributed by atoms with Gasteiger partial charge in [0.1, 0.15) is 11.9 Å². The van der Waals surface area contributed by atoms with Gasteiger partial charge in [0, 0.05) is 22.7 Å². The number of rotatable bonds is 6. The molecule has 1 aliphatic rings. The number of carbonyl (C=O) groups is 2. The molecule has 9 nitrogen and oxygen atoms in total. The summed E-state index contributed by atoms with van der Waals surface area (Å²) in [6, 6.07) is 10.7. The number of anilines is 2. The van der Waals surface area contributed by atoms with Crippen LogP contribution in [0.1, 0.15) is 30.6 Å². The van der Waals surface area contributed by atoms with E-state index in [0.29, 0.717) is 28.5 Å². The van der Waals surface area contributed by atoms with Crippen molar-refractivity contribution in [2.24, 2.45) is 0 Å². The Kier molecular flexibility index (Phi) is 5.67. The van der Waals surface area contributed by atoms with Gasteiger partial charge in [-0.25, -0.2) is 4.68 Å². The third-order valence-corrected chi connectivity index (χ3v) is 5.59. The standard InChI is InChI=1S/C22H20ClN5O4/c1-3-16-20(13-5-4-6-14(23)9-13)21-25-22(30)18(27(21)26-16)11-19(29)24-17-10-15(28(31)32)8-7-12(17)2/h4-10,18H,3,11H2,1-2H3,(H,24,29)(H,25,30). The Morgan fingerprint density at radius 2 is 2.09 bits per heavy atom. The van der Waals surface area contributed by atoms with Crippen LogP contribution in [0, 0.1) is 17.0 Å². The predicted octanol–water partition coefficient (Wildman–Crippen LogP) is 4.50. The van der Waals surface area contributed by atoms with Crippen molar-refractivity contribution in [3.05, 3.63) is 68.9 Å². The molecule has 0 saturated heterocycles. The van der Waals surface area contributed by atoms with E-state index in [2.05, 4.69) is 15.7 Å². The van der Waals surface area contributed by atoms with Gasteiger partial charge in [-0.05, 0) is 36.6 Å². The Bertz CT molecular complexity index is 1250. The number of halogens is 1. The summed E-state index contributed by atoms with van der Waals surface area (Å²) in [5.74, 6) is -0.262. The van der Waals surface area contributed by atoms with Gasteiger partial charge in [-0.15, -0.1) is 0 Å². The summed E-state index contributed by atoms with van der Waals surface area (Å²) in [7, 11) is 0. The van der Waals surface area contributed by atoms with Crippen molar-refractivity contribution in [3.8, 4) is 11.1 Å². The second-order valence-corrected chi connectivity index (χ2v) is 7.93. The van der Waals surface area contributed by atoms with E-state index >= 15 is 0 Å². The van der Waals surface area contributed by atoms with Crippen molar-refractivity contribution in [1.82, 2.24) is 9.78 Å². The molecule has 32 heavy (non-hydrogen) atoms. The molecule has 0 saturated carbocycles. The first kappa shape index (κ1) is 21.5. The number of nitrogens with one attached hydrogen (secondary N) is 2. The average Bonchev–Trinajstić information content (AvgIpc) is 3.24. The van der Waals surface area contributed by atoms with Crippen LogP contribution in [0.2, 0.25) is 5.02 Å². The van der Waals surface area contributed by atoms with Gasteiger partial charge in [-0.2, -0.15) is 5.10 Å². The topological polar surface area (TPSA) is 119 Å². The number of hydrogen-bond acceptors (Lipinski definition) is 5. The number of nitro benzene ring substituents is 1. The first-order chi connectivity index (χ1) is 15.3. The highest BCUT2D eigenvalue weighted by molar-refractivity contribution is 6.30. The number of hydrogen-bond donors (Lipinski definition) is 2. The van der Waals surface area contributed by atoms with Crippen LogP contribution in [0.4, 0.5) is 17.2 Å². The molecule has 0 bridgehead atoms. The lowest BCUT2D eigenvalue weighted by Crippen LogP contribution is -2.24. The zero-order valence-corrected chi connectivity index (χ0v) is 18.1. The summed E-state index contributed by atoms with van der Waals surface area (Å²) in [4.78, 5) is 35.9. The van der Waals surface area contributed by atoms with Crippen LogP contribution in [0.3, 0.4) is 0 Å². The number of carbonyl (C=O) groups excluding carboxylic acids is 2. The third-order valence-electron chi connectivity index (χ3n) is 5.36. The Morgan fingerprint density at radius 3 is 2.78 bits per heavy atom. The summed E-state index contributed by atoms with van der Waals surface area (Å²) in [5, 5.41) is 21.7. The molecule has 0 spiro atoms. The highest BCUT2D eigenvalue weighted by Gasteiger charge is 2.36. The van der Waals surface area contributed by atoms with Gasteiger partial charge < -0.3 is 10.6 Å². The molecule has 2 amide bonds. The van der Waals surface area contributed by atoms with E-state index in [0.717, 1.165) is 16.8 Å². The monoisotopic (exact) mass is 453 g/mol. The minimum atomic E-state index is -0.831. The lowest BCUT2D eigenvalue weighted by atomic mass is 10.0. The van der Waals surface area contributed by atoms with E-state index in [-0.39, 0.29) is 18.0 Å². The molecule has 0 radical (unpaired) electrons. The van der Waals surface area contributed by atoms with Crippen molar-refractivity contribution in [3.63, 3.8) is 0 Å². The predicted molar refractivity (Wildman–Crippen MR) is 121 cm³/mol. The molecule has 2 heterocycles. The normalized spacial score (nSPS) is 14.7. The second-order valence-electron chi connectivity index (χ2n) is 7.49. The number of amides is 2. The van der Waals surface area contributed by atoms with Crippen LogP contribution in [0.25, 0.3) is 11.1 Å². The highest BCUT2D eigenvalue weighted by Crippen LogP contribution is 2.39. The van der Waals surface area contributed by atoms with E-state index in [1.807, 2.05) is 19.1 Å². The van der Waals surface area contributed by atoms with Gasteiger partial charge in [-0.1, -0.05) is 36.7 Å². The maximum Gasteiger partial charge on any atom is 0.271 e. The van der Waals surface area contributed by atoms with Gasteiger partial charge in [-0.3, -0.25) is 19.7 Å². The number of aryl methyl sites for hydroxylation is 2. The second kappa shape index (κ2) is 8.43. The highest BCUT2D eigenvalue weighted by atomic mass is 35.5. The Morgan fingerprint density at radius 1 is 1.31 bits per heavy atom. The van der Waals surface area contributed by atoms with Gasteiger partial charge in [0.25, 0.3) is 11.6 Å². The summed E-state index contributed by atoms with van der Waals surface area (Å²) < 4.78 is 1.54. The number of aromatic nitrogens is 2. The molecule has 1 aliphatic heterocycles. The Hall–Kier alpha value is -3.72. The van der Waals surface area contributed by atoms with Crippen LogP contribution in [-0.4, -0.2) is 26.5 Å². The zero-order chi connectivity index (χ0) is 23.0. The fourth-order valence-electron chi connectivity index (χ4n) is 3.75. The molecular weight excluding hydrogens is 434 g/mol. The number of non-ortho nitro benzene ring substituents is 1. The molecule has 1 unspecified atom stereocenters. The van der Waals surface area contributed by atoms with E-state index in [1.54, 1.807) is 25.1 Å². The van der Waals surface area contributed by atoms with Gasteiger partial charge >= 0.3 is 0 Å².